The number of amides is 3. The van der Waals surface area contributed by atoms with Crippen LogP contribution in [0.2, 0.25) is 0 Å². The van der Waals surface area contributed by atoms with Gasteiger partial charge in [-0.15, -0.1) is 0 Å². The van der Waals surface area contributed by atoms with Gasteiger partial charge in [0.2, 0.25) is 17.6 Å². The molecule has 9 rings (SSSR count). The highest BCUT2D eigenvalue weighted by Crippen LogP contribution is 2.34. The van der Waals surface area contributed by atoms with Crippen LogP contribution in [0.1, 0.15) is 84.2 Å². The summed E-state index contributed by atoms with van der Waals surface area (Å²) in [7, 11) is 1.71. The molecule has 1 aliphatic carbocycles. The van der Waals surface area contributed by atoms with Gasteiger partial charge in [-0.05, 0) is 98.9 Å². The third kappa shape index (κ3) is 7.33. The fraction of sp³-hybridized carbons (Fsp3) is 0.364. The molecule has 2 fully saturated rings. The molecule has 60 heavy (non-hydrogen) atoms. The summed E-state index contributed by atoms with van der Waals surface area (Å²) >= 11 is 0. The summed E-state index contributed by atoms with van der Waals surface area (Å²) in [4.78, 5) is 57.3. The fourth-order valence-corrected chi connectivity index (χ4v) is 9.02. The van der Waals surface area contributed by atoms with E-state index >= 15 is 0 Å². The number of carbonyl (C=O) groups excluding carboxylic acids is 3. The molecule has 0 radical (unpaired) electrons. The summed E-state index contributed by atoms with van der Waals surface area (Å²) in [6, 6.07) is 16.3. The Balaban J connectivity index is 0.782. The minimum Gasteiger partial charge on any atom is -0.503 e. The maximum absolute atomic E-state index is 14.2. The SMILES string of the molecule is Cn1c(=O)n(C2CCC(=O)NC2=O)c2ccc(CCCN3Cc4ccc(-c5ccc6cn(C7CCC(CNC(=O)c8cc(F)c(O)c(F)c8F)CC7)nc6c5)nc4C3)cc21. The van der Waals surface area contributed by atoms with Crippen LogP contribution < -0.4 is 16.3 Å². The zero-order valence-electron chi connectivity index (χ0n) is 32.9. The number of halogens is 3. The number of aryl methyl sites for hydroxylation is 2. The Morgan fingerprint density at radius 2 is 1.75 bits per heavy atom. The van der Waals surface area contributed by atoms with Crippen molar-refractivity contribution in [1.82, 2.24) is 39.4 Å². The van der Waals surface area contributed by atoms with Crippen LogP contribution in [-0.2, 0) is 36.1 Å². The van der Waals surface area contributed by atoms with E-state index in [1.807, 2.05) is 29.1 Å². The Bertz CT molecular complexity index is 2770. The Morgan fingerprint density at radius 3 is 2.55 bits per heavy atom. The lowest BCUT2D eigenvalue weighted by Crippen LogP contribution is -2.44. The van der Waals surface area contributed by atoms with E-state index in [0.29, 0.717) is 18.0 Å². The molecule has 0 spiro atoms. The van der Waals surface area contributed by atoms with Gasteiger partial charge >= 0.3 is 5.69 Å². The van der Waals surface area contributed by atoms with Gasteiger partial charge in [-0.1, -0.05) is 24.3 Å². The normalized spacial score (nSPS) is 19.6. The maximum atomic E-state index is 14.2. The van der Waals surface area contributed by atoms with E-state index < -0.39 is 46.6 Å². The van der Waals surface area contributed by atoms with Gasteiger partial charge in [0.05, 0.1) is 39.5 Å². The lowest BCUT2D eigenvalue weighted by atomic mass is 9.86. The molecule has 1 unspecified atom stereocenters. The van der Waals surface area contributed by atoms with Crippen LogP contribution in [0.25, 0.3) is 33.2 Å². The summed E-state index contributed by atoms with van der Waals surface area (Å²) in [6.45, 7) is 2.68. The minimum absolute atomic E-state index is 0.111. The van der Waals surface area contributed by atoms with Gasteiger partial charge in [-0.2, -0.15) is 9.49 Å². The van der Waals surface area contributed by atoms with Crippen molar-refractivity contribution in [3.8, 4) is 17.0 Å². The van der Waals surface area contributed by atoms with E-state index in [0.717, 1.165) is 97.1 Å². The van der Waals surface area contributed by atoms with Gasteiger partial charge in [-0.25, -0.2) is 13.6 Å². The third-order valence-corrected chi connectivity index (χ3v) is 12.4. The van der Waals surface area contributed by atoms with Crippen LogP contribution in [0.5, 0.6) is 5.75 Å². The number of aromatic nitrogens is 5. The van der Waals surface area contributed by atoms with Gasteiger partial charge in [0.15, 0.2) is 17.4 Å². The maximum Gasteiger partial charge on any atom is 0.329 e. The molecule has 13 nitrogen and oxygen atoms in total. The Kier molecular flexibility index (Phi) is 10.3. The number of fused-ring (bicyclic) bond motifs is 3. The summed E-state index contributed by atoms with van der Waals surface area (Å²) in [5.41, 5.74) is 6.49. The molecule has 3 aliphatic rings. The first kappa shape index (κ1) is 39.2. The monoisotopic (exact) mass is 820 g/mol. The molecule has 6 aromatic rings. The third-order valence-electron chi connectivity index (χ3n) is 12.4. The predicted molar refractivity (Wildman–Crippen MR) is 215 cm³/mol. The molecule has 1 saturated heterocycles. The summed E-state index contributed by atoms with van der Waals surface area (Å²) in [5.74, 6) is -7.80. The van der Waals surface area contributed by atoms with Crippen LogP contribution in [-0.4, -0.2) is 64.7 Å². The van der Waals surface area contributed by atoms with Crippen molar-refractivity contribution < 1.29 is 32.7 Å². The number of nitrogens with zero attached hydrogens (tertiary/aromatic N) is 6. The number of phenols is 1. The quantitative estimate of drug-likeness (QED) is 0.113. The molecule has 5 heterocycles. The van der Waals surface area contributed by atoms with Gasteiger partial charge in [0.25, 0.3) is 5.91 Å². The van der Waals surface area contributed by atoms with E-state index in [9.17, 15) is 37.5 Å². The fourth-order valence-electron chi connectivity index (χ4n) is 9.02. The molecule has 3 aromatic heterocycles. The molecule has 1 saturated carbocycles. The van der Waals surface area contributed by atoms with Gasteiger partial charge in [0.1, 0.15) is 6.04 Å². The topological polar surface area (TPSA) is 156 Å². The van der Waals surface area contributed by atoms with Crippen LogP contribution >= 0.6 is 0 Å². The molecule has 3 amide bonds. The number of pyridine rings is 1. The first-order valence-corrected chi connectivity index (χ1v) is 20.3. The Morgan fingerprint density at radius 1 is 0.933 bits per heavy atom. The predicted octanol–water partition coefficient (Wildman–Crippen LogP) is 5.96. The Hall–Kier alpha value is -6.29. The molecule has 16 heteroatoms. The Labute approximate surface area is 341 Å². The average Bonchev–Trinajstić information content (AvgIpc) is 3.93. The van der Waals surface area contributed by atoms with Crippen molar-refractivity contribution >= 4 is 39.7 Å². The second-order valence-electron chi connectivity index (χ2n) is 16.3. The average molecular weight is 821 g/mol. The second-order valence-corrected chi connectivity index (χ2v) is 16.3. The zero-order valence-corrected chi connectivity index (χ0v) is 32.9. The van der Waals surface area contributed by atoms with Gasteiger partial charge < -0.3 is 10.4 Å². The number of imidazole rings is 1. The molecular formula is C44H43F3N8O5. The van der Waals surface area contributed by atoms with Crippen molar-refractivity contribution in [2.45, 2.75) is 76.5 Å². The number of phenolic OH excluding ortho intramolecular Hbond substituents is 1. The number of aromatic hydroxyl groups is 1. The van der Waals surface area contributed by atoms with Gasteiger partial charge in [-0.3, -0.25) is 43.4 Å². The number of hydrogen-bond donors (Lipinski definition) is 3. The van der Waals surface area contributed by atoms with Crippen molar-refractivity contribution in [1.29, 1.82) is 0 Å². The molecule has 3 N–H and O–H groups in total. The lowest BCUT2D eigenvalue weighted by molar-refractivity contribution is -0.135. The highest BCUT2D eigenvalue weighted by Gasteiger charge is 2.32. The van der Waals surface area contributed by atoms with E-state index in [1.165, 1.54) is 10.1 Å². The largest absolute Gasteiger partial charge is 0.503 e. The molecular weight excluding hydrogens is 778 g/mol. The van der Waals surface area contributed by atoms with Crippen LogP contribution in [0.4, 0.5) is 13.2 Å². The van der Waals surface area contributed by atoms with Crippen LogP contribution in [0.3, 0.4) is 0 Å². The van der Waals surface area contributed by atoms with Crippen molar-refractivity contribution in [2.75, 3.05) is 13.1 Å². The van der Waals surface area contributed by atoms with Crippen molar-refractivity contribution in [2.24, 2.45) is 13.0 Å². The van der Waals surface area contributed by atoms with Crippen LogP contribution in [0.15, 0.2) is 65.6 Å². The highest BCUT2D eigenvalue weighted by atomic mass is 19.2. The van der Waals surface area contributed by atoms with Crippen molar-refractivity contribution in [3.05, 3.63) is 111 Å². The summed E-state index contributed by atoms with van der Waals surface area (Å²) < 4.78 is 46.7. The number of rotatable bonds is 10. The number of carbonyl (C=O) groups is 3. The lowest BCUT2D eigenvalue weighted by Gasteiger charge is -2.28. The molecule has 1 atom stereocenters. The number of benzene rings is 3. The zero-order chi connectivity index (χ0) is 41.8. The highest BCUT2D eigenvalue weighted by molar-refractivity contribution is 6.00. The summed E-state index contributed by atoms with van der Waals surface area (Å²) in [6.07, 6.45) is 7.48. The standard InChI is InChI=1S/C44H43F3N8O5/c1-52-37-17-24(6-13-35(37)55(44(52)60)36-14-15-38(56)50-43(36)59)3-2-16-53-21-27-9-12-32(49-34(27)23-53)26-7-8-28-22-54(51-33(28)18-26)29-10-4-25(5-11-29)20-48-42(58)30-19-31(45)41(57)40(47)39(30)46/h6-9,12-13,17-19,22,25,29,36,57H,2-5,10-11,14-16,20-21,23H2,1H3,(H,48,58)(H,50,56,59). The van der Waals surface area contributed by atoms with E-state index in [1.54, 1.807) is 11.6 Å². The molecule has 2 aliphatic heterocycles. The van der Waals surface area contributed by atoms with Gasteiger partial charge in [0, 0.05) is 50.2 Å². The molecule has 3 aromatic carbocycles. The number of hydrogen-bond acceptors (Lipinski definition) is 8. The first-order valence-electron chi connectivity index (χ1n) is 20.3. The minimum atomic E-state index is -1.79. The van der Waals surface area contributed by atoms with E-state index in [2.05, 4.69) is 45.9 Å². The smallest absolute Gasteiger partial charge is 0.329 e. The second kappa shape index (κ2) is 15.7. The van der Waals surface area contributed by atoms with E-state index in [-0.39, 0.29) is 36.5 Å². The van der Waals surface area contributed by atoms with Crippen LogP contribution in [0, 0.1) is 23.4 Å². The summed E-state index contributed by atoms with van der Waals surface area (Å²) in [5, 5.41) is 20.1. The number of nitrogens with one attached hydrogen (secondary N) is 2. The van der Waals surface area contributed by atoms with Crippen molar-refractivity contribution in [3.63, 3.8) is 0 Å². The van der Waals surface area contributed by atoms with E-state index in [4.69, 9.17) is 10.1 Å². The molecule has 0 bridgehead atoms. The number of imide groups is 1. The number of piperidine rings is 1. The molecule has 310 valence electrons. The first-order chi connectivity index (χ1) is 28.9.